The molecule has 0 radical (unpaired) electrons. The van der Waals surface area contributed by atoms with E-state index in [-0.39, 0.29) is 36.4 Å². The predicted molar refractivity (Wildman–Crippen MR) is 110 cm³/mol. The van der Waals surface area contributed by atoms with Crippen LogP contribution in [0.3, 0.4) is 0 Å². The van der Waals surface area contributed by atoms with Crippen LogP contribution in [-0.4, -0.2) is 40.1 Å². The Labute approximate surface area is 179 Å². The number of H-pyrrole nitrogens is 2. The molecule has 0 spiro atoms. The van der Waals surface area contributed by atoms with Gasteiger partial charge in [0.15, 0.2) is 0 Å². The van der Waals surface area contributed by atoms with Crippen molar-refractivity contribution in [1.29, 1.82) is 0 Å². The van der Waals surface area contributed by atoms with Crippen LogP contribution >= 0.6 is 11.6 Å². The van der Waals surface area contributed by atoms with Crippen molar-refractivity contribution >= 4 is 34.4 Å². The molecule has 164 valence electrons. The third-order valence-corrected chi connectivity index (χ3v) is 5.88. The van der Waals surface area contributed by atoms with E-state index >= 15 is 0 Å². The molecule has 11 heteroatoms. The standard InChI is InChI=1S/C20H19ClF3N5O2/c1-29(13-6-12(7-13)20(22,23)24)16-3-2-10(8-25-16)9-26-18(30)11-4-14(21)17-15(5-11)27-19(31)28-17/h2-5,8,12-13H,6-7,9H2,1H3,(H,26,30)(H2,27,28,31). The minimum atomic E-state index is -4.14. The molecule has 0 atom stereocenters. The predicted octanol–water partition coefficient (Wildman–Crippen LogP) is 3.61. The Hall–Kier alpha value is -3.01. The van der Waals surface area contributed by atoms with Crippen molar-refractivity contribution < 1.29 is 18.0 Å². The number of rotatable bonds is 5. The average Bonchev–Trinajstić information content (AvgIpc) is 3.05. The van der Waals surface area contributed by atoms with Crippen LogP contribution in [0.2, 0.25) is 5.02 Å². The average molecular weight is 454 g/mol. The lowest BCUT2D eigenvalue weighted by Gasteiger charge is -2.42. The van der Waals surface area contributed by atoms with Crippen LogP contribution in [0.15, 0.2) is 35.3 Å². The Bertz CT molecular complexity index is 1170. The van der Waals surface area contributed by atoms with Gasteiger partial charge in [-0.1, -0.05) is 17.7 Å². The molecule has 0 unspecified atom stereocenters. The van der Waals surface area contributed by atoms with Crippen molar-refractivity contribution in [3.63, 3.8) is 0 Å². The van der Waals surface area contributed by atoms with Crippen molar-refractivity contribution in [3.05, 3.63) is 57.1 Å². The number of carbonyl (C=O) groups excluding carboxylic acids is 1. The first-order valence-corrected chi connectivity index (χ1v) is 9.94. The minimum absolute atomic E-state index is 0.0683. The largest absolute Gasteiger partial charge is 0.391 e. The number of imidazole rings is 1. The normalized spacial score (nSPS) is 18.6. The number of benzene rings is 1. The van der Waals surface area contributed by atoms with Gasteiger partial charge in [0, 0.05) is 31.4 Å². The molecule has 2 heterocycles. The van der Waals surface area contributed by atoms with E-state index in [0.29, 0.717) is 22.4 Å². The van der Waals surface area contributed by atoms with Gasteiger partial charge in [-0.3, -0.25) is 4.79 Å². The highest BCUT2D eigenvalue weighted by molar-refractivity contribution is 6.35. The smallest absolute Gasteiger partial charge is 0.357 e. The monoisotopic (exact) mass is 453 g/mol. The highest BCUT2D eigenvalue weighted by Gasteiger charge is 2.49. The van der Waals surface area contributed by atoms with E-state index < -0.39 is 17.8 Å². The molecule has 4 rings (SSSR count). The summed E-state index contributed by atoms with van der Waals surface area (Å²) >= 11 is 6.11. The number of hydrogen-bond donors (Lipinski definition) is 3. The van der Waals surface area contributed by atoms with Crippen molar-refractivity contribution in [1.82, 2.24) is 20.3 Å². The van der Waals surface area contributed by atoms with Crippen LogP contribution in [-0.2, 0) is 6.54 Å². The topological polar surface area (TPSA) is 93.9 Å². The van der Waals surface area contributed by atoms with Gasteiger partial charge in [-0.05, 0) is 36.6 Å². The van der Waals surface area contributed by atoms with E-state index in [2.05, 4.69) is 20.3 Å². The van der Waals surface area contributed by atoms with Gasteiger partial charge in [0.25, 0.3) is 5.91 Å². The Morgan fingerprint density at radius 1 is 1.29 bits per heavy atom. The maximum atomic E-state index is 12.7. The molecule has 3 N–H and O–H groups in total. The fourth-order valence-corrected chi connectivity index (χ4v) is 3.87. The molecular formula is C20H19ClF3N5O2. The lowest BCUT2D eigenvalue weighted by atomic mass is 9.79. The van der Waals surface area contributed by atoms with E-state index in [0.717, 1.165) is 5.56 Å². The van der Waals surface area contributed by atoms with E-state index in [1.807, 2.05) is 0 Å². The summed E-state index contributed by atoms with van der Waals surface area (Å²) in [6.07, 6.45) is -2.43. The Balaban J connectivity index is 1.35. The zero-order valence-corrected chi connectivity index (χ0v) is 17.1. The van der Waals surface area contributed by atoms with Crippen molar-refractivity contribution in [2.45, 2.75) is 31.6 Å². The molecule has 1 fully saturated rings. The molecule has 7 nitrogen and oxygen atoms in total. The first-order valence-electron chi connectivity index (χ1n) is 9.56. The minimum Gasteiger partial charge on any atom is -0.357 e. The molecule has 31 heavy (non-hydrogen) atoms. The van der Waals surface area contributed by atoms with Crippen molar-refractivity contribution in [2.75, 3.05) is 11.9 Å². The molecule has 1 saturated carbocycles. The van der Waals surface area contributed by atoms with Gasteiger partial charge in [0.05, 0.1) is 22.0 Å². The molecule has 1 aliphatic carbocycles. The second-order valence-electron chi connectivity index (χ2n) is 7.64. The maximum absolute atomic E-state index is 12.7. The lowest BCUT2D eigenvalue weighted by Crippen LogP contribution is -2.48. The van der Waals surface area contributed by atoms with E-state index in [9.17, 15) is 22.8 Å². The fraction of sp³-hybridized carbons (Fsp3) is 0.350. The molecular weight excluding hydrogens is 435 g/mol. The van der Waals surface area contributed by atoms with Gasteiger partial charge in [-0.2, -0.15) is 13.2 Å². The van der Waals surface area contributed by atoms with Crippen LogP contribution in [0.25, 0.3) is 11.0 Å². The fourth-order valence-electron chi connectivity index (χ4n) is 3.60. The number of aromatic nitrogens is 3. The summed E-state index contributed by atoms with van der Waals surface area (Å²) in [4.78, 5) is 35.0. The summed E-state index contributed by atoms with van der Waals surface area (Å²) in [6.45, 7) is 0.203. The van der Waals surface area contributed by atoms with E-state index in [1.165, 1.54) is 12.1 Å². The molecule has 1 aliphatic rings. The van der Waals surface area contributed by atoms with Crippen molar-refractivity contribution in [3.8, 4) is 0 Å². The SMILES string of the molecule is CN(c1ccc(CNC(=O)c2cc(Cl)c3[nH]c(=O)[nH]c3c2)cn1)C1CC(C(F)(F)F)C1. The highest BCUT2D eigenvalue weighted by atomic mass is 35.5. The van der Waals surface area contributed by atoms with Gasteiger partial charge in [0.2, 0.25) is 0 Å². The first kappa shape index (κ1) is 21.2. The number of alkyl halides is 3. The van der Waals surface area contributed by atoms with Crippen LogP contribution in [0.5, 0.6) is 0 Å². The van der Waals surface area contributed by atoms with Gasteiger partial charge in [-0.25, -0.2) is 9.78 Å². The second kappa shape index (κ2) is 7.92. The third-order valence-electron chi connectivity index (χ3n) is 5.59. The molecule has 0 saturated heterocycles. The summed E-state index contributed by atoms with van der Waals surface area (Å²) in [5.74, 6) is -1.04. The summed E-state index contributed by atoms with van der Waals surface area (Å²) < 4.78 is 38.0. The van der Waals surface area contributed by atoms with E-state index in [1.54, 1.807) is 30.3 Å². The Morgan fingerprint density at radius 2 is 2.03 bits per heavy atom. The molecule has 1 amide bonds. The van der Waals surface area contributed by atoms with Crippen LogP contribution in [0.1, 0.15) is 28.8 Å². The summed E-state index contributed by atoms with van der Waals surface area (Å²) in [7, 11) is 1.73. The number of halogens is 4. The Morgan fingerprint density at radius 3 is 2.68 bits per heavy atom. The highest BCUT2D eigenvalue weighted by Crippen LogP contribution is 2.43. The summed E-state index contributed by atoms with van der Waals surface area (Å²) in [6, 6.07) is 6.28. The van der Waals surface area contributed by atoms with Crippen LogP contribution in [0.4, 0.5) is 19.0 Å². The molecule has 3 aromatic rings. The molecule has 1 aromatic carbocycles. The zero-order chi connectivity index (χ0) is 22.3. The Kier molecular flexibility index (Phi) is 5.42. The quantitative estimate of drug-likeness (QED) is 0.550. The number of nitrogens with zero attached hydrogens (tertiary/aromatic N) is 2. The number of aromatic amines is 2. The number of fused-ring (bicyclic) bond motifs is 1. The van der Waals surface area contributed by atoms with Gasteiger partial charge >= 0.3 is 11.9 Å². The van der Waals surface area contributed by atoms with Crippen LogP contribution in [0, 0.1) is 5.92 Å². The first-order chi connectivity index (χ1) is 14.6. The lowest BCUT2D eigenvalue weighted by molar-refractivity contribution is -0.196. The number of nitrogens with one attached hydrogen (secondary N) is 3. The second-order valence-corrected chi connectivity index (χ2v) is 8.05. The van der Waals surface area contributed by atoms with Crippen LogP contribution < -0.4 is 15.9 Å². The van der Waals surface area contributed by atoms with E-state index in [4.69, 9.17) is 11.6 Å². The molecule has 2 aromatic heterocycles. The van der Waals surface area contributed by atoms with Gasteiger partial charge < -0.3 is 20.2 Å². The zero-order valence-electron chi connectivity index (χ0n) is 16.4. The number of anilines is 1. The number of pyridine rings is 1. The number of carbonyl (C=O) groups is 1. The van der Waals surface area contributed by atoms with Gasteiger partial charge in [-0.15, -0.1) is 0 Å². The summed E-state index contributed by atoms with van der Waals surface area (Å²) in [5.41, 5.74) is 1.47. The summed E-state index contributed by atoms with van der Waals surface area (Å²) in [5, 5.41) is 3.00. The number of hydrogen-bond acceptors (Lipinski definition) is 4. The molecule has 0 aliphatic heterocycles. The van der Waals surface area contributed by atoms with Crippen molar-refractivity contribution in [2.24, 2.45) is 5.92 Å². The maximum Gasteiger partial charge on any atom is 0.391 e. The van der Waals surface area contributed by atoms with Gasteiger partial charge in [0.1, 0.15) is 5.82 Å². The number of amides is 1. The third kappa shape index (κ3) is 4.39. The molecule has 0 bridgehead atoms.